The Kier molecular flexibility index (Phi) is 6.73. The minimum Gasteiger partial charge on any atom is -0.406 e. The van der Waals surface area contributed by atoms with Crippen LogP contribution in [-0.4, -0.2) is 51.3 Å². The maximum atomic E-state index is 13.1. The summed E-state index contributed by atoms with van der Waals surface area (Å²) in [5.74, 6) is -1.36. The highest BCUT2D eigenvalue weighted by Crippen LogP contribution is 2.28. The van der Waals surface area contributed by atoms with Gasteiger partial charge in [-0.05, 0) is 44.2 Å². The first-order chi connectivity index (χ1) is 17.6. The number of amides is 1. The van der Waals surface area contributed by atoms with E-state index in [1.54, 1.807) is 31.2 Å². The molecule has 1 amide bonds. The summed E-state index contributed by atoms with van der Waals surface area (Å²) >= 11 is 0. The molecule has 0 radical (unpaired) electrons. The van der Waals surface area contributed by atoms with Gasteiger partial charge in [-0.3, -0.25) is 9.36 Å². The van der Waals surface area contributed by atoms with Crippen LogP contribution in [-0.2, 0) is 16.9 Å². The Morgan fingerprint density at radius 1 is 1.11 bits per heavy atom. The molecule has 0 aliphatic carbocycles. The summed E-state index contributed by atoms with van der Waals surface area (Å²) in [6.45, 7) is 3.14. The van der Waals surface area contributed by atoms with Crippen molar-refractivity contribution in [2.75, 3.05) is 6.26 Å². The van der Waals surface area contributed by atoms with Gasteiger partial charge in [-0.25, -0.2) is 23.2 Å². The Balaban J connectivity index is 1.78. The van der Waals surface area contributed by atoms with E-state index in [2.05, 4.69) is 25.1 Å². The van der Waals surface area contributed by atoms with Crippen LogP contribution in [0.2, 0.25) is 0 Å². The number of nitrogens with one attached hydrogen (secondary N) is 1. The molecule has 0 fully saturated rings. The molecular formula is C23H21F3N6O5S. The van der Waals surface area contributed by atoms with Crippen molar-refractivity contribution in [3.8, 4) is 11.6 Å². The van der Waals surface area contributed by atoms with E-state index >= 15 is 0 Å². The van der Waals surface area contributed by atoms with Crippen LogP contribution in [0.3, 0.4) is 0 Å². The van der Waals surface area contributed by atoms with Crippen molar-refractivity contribution in [3.05, 3.63) is 70.0 Å². The van der Waals surface area contributed by atoms with Crippen LogP contribution in [0.4, 0.5) is 13.2 Å². The number of halogens is 3. The summed E-state index contributed by atoms with van der Waals surface area (Å²) in [4.78, 5) is 34.4. The van der Waals surface area contributed by atoms with Crippen molar-refractivity contribution in [3.63, 3.8) is 0 Å². The molecule has 2 aromatic heterocycles. The Bertz CT molecular complexity index is 1730. The molecule has 15 heteroatoms. The van der Waals surface area contributed by atoms with Gasteiger partial charge in [0.1, 0.15) is 17.3 Å². The van der Waals surface area contributed by atoms with Gasteiger partial charge in [-0.1, -0.05) is 12.1 Å². The minimum absolute atomic E-state index is 0.0381. The number of alkyl halides is 3. The van der Waals surface area contributed by atoms with Crippen LogP contribution >= 0.6 is 0 Å². The molecule has 38 heavy (non-hydrogen) atoms. The molecule has 2 heterocycles. The Morgan fingerprint density at radius 3 is 2.29 bits per heavy atom. The van der Waals surface area contributed by atoms with E-state index in [0.717, 1.165) is 23.1 Å². The molecule has 0 bridgehead atoms. The molecule has 4 aromatic rings. The summed E-state index contributed by atoms with van der Waals surface area (Å²) in [5, 5.41) is 6.79. The van der Waals surface area contributed by atoms with Crippen molar-refractivity contribution in [1.82, 2.24) is 29.6 Å². The highest BCUT2D eigenvalue weighted by molar-refractivity contribution is 7.90. The van der Waals surface area contributed by atoms with E-state index in [1.807, 2.05) is 0 Å². The number of nitrogens with zero attached hydrogens (tertiary/aromatic N) is 5. The maximum Gasteiger partial charge on any atom is 0.573 e. The van der Waals surface area contributed by atoms with Crippen molar-refractivity contribution >= 4 is 26.8 Å². The third kappa shape index (κ3) is 5.51. The van der Waals surface area contributed by atoms with E-state index in [0.29, 0.717) is 22.9 Å². The van der Waals surface area contributed by atoms with E-state index in [-0.39, 0.29) is 11.5 Å². The topological polar surface area (TPSA) is 138 Å². The maximum absolute atomic E-state index is 13.1. The quantitative estimate of drug-likeness (QED) is 0.387. The van der Waals surface area contributed by atoms with Crippen LogP contribution in [0.15, 0.2) is 52.2 Å². The highest BCUT2D eigenvalue weighted by Gasteiger charge is 2.32. The van der Waals surface area contributed by atoms with Gasteiger partial charge in [0.15, 0.2) is 15.7 Å². The van der Waals surface area contributed by atoms with Crippen LogP contribution in [0.25, 0.3) is 16.9 Å². The van der Waals surface area contributed by atoms with E-state index in [1.165, 1.54) is 18.5 Å². The van der Waals surface area contributed by atoms with Gasteiger partial charge < -0.3 is 10.1 Å². The fraction of sp³-hybridized carbons (Fsp3) is 0.261. The van der Waals surface area contributed by atoms with Crippen molar-refractivity contribution < 1.29 is 31.1 Å². The number of para-hydroxylation sites is 2. The SMILES string of the molecule is Cc1nn(-c2nc3ccccc3nc2C(C)NC(=O)c2cc(OC(F)(F)F)cc(S(C)(=O)=O)c2)c(=O)n1C. The second kappa shape index (κ2) is 9.55. The normalized spacial score (nSPS) is 12.9. The van der Waals surface area contributed by atoms with Gasteiger partial charge in [-0.2, -0.15) is 4.68 Å². The number of rotatable bonds is 6. The summed E-state index contributed by atoms with van der Waals surface area (Å²) < 4.78 is 68.7. The number of carbonyl (C=O) groups is 1. The lowest BCUT2D eigenvalue weighted by Crippen LogP contribution is -2.30. The fourth-order valence-electron chi connectivity index (χ4n) is 3.58. The predicted molar refractivity (Wildman–Crippen MR) is 129 cm³/mol. The first-order valence-corrected chi connectivity index (χ1v) is 12.8. The van der Waals surface area contributed by atoms with Crippen molar-refractivity contribution in [2.24, 2.45) is 7.05 Å². The number of sulfone groups is 1. The number of hydrogen-bond acceptors (Lipinski definition) is 8. The zero-order valence-corrected chi connectivity index (χ0v) is 21.3. The number of fused-ring (bicyclic) bond motifs is 1. The molecule has 0 saturated carbocycles. The molecule has 0 aliphatic heterocycles. The zero-order chi connectivity index (χ0) is 28.0. The first-order valence-electron chi connectivity index (χ1n) is 11.0. The van der Waals surface area contributed by atoms with Gasteiger partial charge in [0.25, 0.3) is 5.91 Å². The summed E-state index contributed by atoms with van der Waals surface area (Å²) in [6.07, 6.45) is -4.33. The molecule has 0 aliphatic rings. The first kappa shape index (κ1) is 26.8. The number of aromatic nitrogens is 5. The lowest BCUT2D eigenvalue weighted by atomic mass is 10.1. The summed E-state index contributed by atoms with van der Waals surface area (Å²) in [6, 6.07) is 8.23. The molecule has 1 unspecified atom stereocenters. The van der Waals surface area contributed by atoms with E-state index < -0.39 is 50.0 Å². The largest absolute Gasteiger partial charge is 0.573 e. The van der Waals surface area contributed by atoms with E-state index in [9.17, 15) is 31.2 Å². The smallest absolute Gasteiger partial charge is 0.406 e. The third-order valence-electron chi connectivity index (χ3n) is 5.54. The molecule has 0 spiro atoms. The van der Waals surface area contributed by atoms with Crippen molar-refractivity contribution in [1.29, 1.82) is 0 Å². The average molecular weight is 551 g/mol. The Hall–Kier alpha value is -4.27. The van der Waals surface area contributed by atoms with Crippen LogP contribution in [0, 0.1) is 6.92 Å². The van der Waals surface area contributed by atoms with Crippen LogP contribution in [0.1, 0.15) is 34.8 Å². The van der Waals surface area contributed by atoms with Crippen LogP contribution in [0.5, 0.6) is 5.75 Å². The zero-order valence-electron chi connectivity index (χ0n) is 20.4. The second-order valence-corrected chi connectivity index (χ2v) is 10.4. The average Bonchev–Trinajstić information content (AvgIpc) is 3.08. The summed E-state index contributed by atoms with van der Waals surface area (Å²) in [7, 11) is -2.47. The highest BCUT2D eigenvalue weighted by atomic mass is 32.2. The number of ether oxygens (including phenoxy) is 1. The van der Waals surface area contributed by atoms with Gasteiger partial charge in [0, 0.05) is 18.9 Å². The Labute approximate surface area is 213 Å². The number of aryl methyl sites for hydroxylation is 1. The fourth-order valence-corrected chi connectivity index (χ4v) is 4.25. The van der Waals surface area contributed by atoms with Gasteiger partial charge in [0.2, 0.25) is 0 Å². The second-order valence-electron chi connectivity index (χ2n) is 8.43. The molecule has 4 rings (SSSR count). The van der Waals surface area contributed by atoms with Crippen LogP contribution < -0.4 is 15.7 Å². The molecule has 1 N–H and O–H groups in total. The molecule has 11 nitrogen and oxygen atoms in total. The minimum atomic E-state index is -5.11. The lowest BCUT2D eigenvalue weighted by Gasteiger charge is -2.18. The number of hydrogen-bond donors (Lipinski definition) is 1. The monoisotopic (exact) mass is 550 g/mol. The molecule has 2 aromatic carbocycles. The number of carbonyl (C=O) groups excluding carboxylic acids is 1. The molecular weight excluding hydrogens is 529 g/mol. The summed E-state index contributed by atoms with van der Waals surface area (Å²) in [5.41, 5.74) is 0.132. The third-order valence-corrected chi connectivity index (χ3v) is 6.63. The van der Waals surface area contributed by atoms with Gasteiger partial charge in [-0.15, -0.1) is 18.3 Å². The molecule has 200 valence electrons. The molecule has 1 atom stereocenters. The van der Waals surface area contributed by atoms with Crippen molar-refractivity contribution in [2.45, 2.75) is 31.1 Å². The van der Waals surface area contributed by atoms with Gasteiger partial charge >= 0.3 is 12.1 Å². The predicted octanol–water partition coefficient (Wildman–Crippen LogP) is 2.62. The van der Waals surface area contributed by atoms with E-state index in [4.69, 9.17) is 0 Å². The van der Waals surface area contributed by atoms with Gasteiger partial charge in [0.05, 0.1) is 22.0 Å². The lowest BCUT2D eigenvalue weighted by molar-refractivity contribution is -0.274. The number of benzene rings is 2. The Morgan fingerprint density at radius 2 is 1.74 bits per heavy atom. The standard InChI is InChI=1S/C23H21F3N6O5S/c1-12(27-21(33)14-9-15(37-23(24,25)26)11-16(10-14)38(4,35)36)19-20(32-22(34)31(3)13(2)30-32)29-18-8-6-5-7-17(18)28-19/h5-12H,1-4H3,(H,27,33). The molecule has 0 saturated heterocycles.